The fraction of sp³-hybridized carbons (Fsp3) is 0.842. The van der Waals surface area contributed by atoms with E-state index >= 15 is 0 Å². The van der Waals surface area contributed by atoms with Crippen LogP contribution in [0.1, 0.15) is 258 Å². The van der Waals surface area contributed by atoms with Crippen LogP contribution < -0.4 is 10.2 Å². The van der Waals surface area contributed by atoms with Gasteiger partial charge in [-0.05, 0) is 70.6 Å². The molecule has 0 aliphatic heterocycles. The first-order valence-corrected chi connectivity index (χ1v) is 29.5. The minimum atomic E-state index is -4.61. The Morgan fingerprint density at radius 2 is 0.848 bits per heavy atom. The molecule has 0 radical (unpaired) electrons. The Labute approximate surface area is 409 Å². The predicted octanol–water partition coefficient (Wildman–Crippen LogP) is 16.1. The molecular weight excluding hydrogens is 840 g/mol. The minimum Gasteiger partial charge on any atom is -0.756 e. The number of nitrogens with one attached hydrogen (secondary N) is 1. The summed E-state index contributed by atoms with van der Waals surface area (Å²) in [6.07, 6.45) is 63.3. The smallest absolute Gasteiger partial charge is 0.268 e. The Hall–Kier alpha value is -1.54. The number of phosphoric acid groups is 1. The Morgan fingerprint density at radius 1 is 0.515 bits per heavy atom. The largest absolute Gasteiger partial charge is 0.756 e. The maximum atomic E-state index is 12.9. The van der Waals surface area contributed by atoms with Crippen molar-refractivity contribution in [2.45, 2.75) is 270 Å². The number of phosphoric ester groups is 1. The molecule has 8 nitrogen and oxygen atoms in total. The Balaban J connectivity index is 4.31. The molecule has 3 atom stereocenters. The highest BCUT2D eigenvalue weighted by atomic mass is 31.2. The molecule has 1 amide bonds. The van der Waals surface area contributed by atoms with Crippen LogP contribution >= 0.6 is 7.82 Å². The van der Waals surface area contributed by atoms with Crippen LogP contribution in [0.4, 0.5) is 0 Å². The molecule has 66 heavy (non-hydrogen) atoms. The summed E-state index contributed by atoms with van der Waals surface area (Å²) in [4.78, 5) is 25.4. The molecule has 0 rings (SSSR count). The van der Waals surface area contributed by atoms with E-state index in [0.29, 0.717) is 17.4 Å². The second kappa shape index (κ2) is 48.5. The number of carbonyl (C=O) groups excluding carboxylic acids is 1. The molecule has 388 valence electrons. The molecule has 0 aromatic rings. The lowest BCUT2D eigenvalue weighted by Crippen LogP contribution is -2.45. The van der Waals surface area contributed by atoms with Gasteiger partial charge in [0.15, 0.2) is 0 Å². The van der Waals surface area contributed by atoms with Gasteiger partial charge in [0.2, 0.25) is 5.91 Å². The number of carbonyl (C=O) groups is 1. The van der Waals surface area contributed by atoms with E-state index in [1.165, 1.54) is 193 Å². The molecule has 9 heteroatoms. The van der Waals surface area contributed by atoms with Crippen molar-refractivity contribution < 1.29 is 32.9 Å². The molecule has 3 unspecified atom stereocenters. The van der Waals surface area contributed by atoms with Gasteiger partial charge in [-0.15, -0.1) is 0 Å². The summed E-state index contributed by atoms with van der Waals surface area (Å²) in [6, 6.07) is -0.913. The molecule has 0 bridgehead atoms. The molecule has 0 aromatic heterocycles. The van der Waals surface area contributed by atoms with Crippen LogP contribution in [0.3, 0.4) is 0 Å². The number of hydrogen-bond acceptors (Lipinski definition) is 6. The van der Waals surface area contributed by atoms with Gasteiger partial charge < -0.3 is 28.8 Å². The third-order valence-corrected chi connectivity index (χ3v) is 13.5. The van der Waals surface area contributed by atoms with Gasteiger partial charge in [0.1, 0.15) is 13.2 Å². The van der Waals surface area contributed by atoms with Crippen molar-refractivity contribution in [3.63, 3.8) is 0 Å². The number of aliphatic hydroxyl groups is 1. The Morgan fingerprint density at radius 3 is 1.23 bits per heavy atom. The van der Waals surface area contributed by atoms with Gasteiger partial charge in [0.05, 0.1) is 39.9 Å². The number of likely N-dealkylation sites (N-methyl/N-ethyl adjacent to an activating group) is 1. The summed E-state index contributed by atoms with van der Waals surface area (Å²) < 4.78 is 23.3. The van der Waals surface area contributed by atoms with Gasteiger partial charge in [-0.2, -0.15) is 0 Å². The number of hydrogen-bond donors (Lipinski definition) is 2. The van der Waals surface area contributed by atoms with Crippen LogP contribution in [-0.2, 0) is 18.4 Å². The Kier molecular flexibility index (Phi) is 47.4. The molecule has 0 saturated heterocycles. The highest BCUT2D eigenvalue weighted by Crippen LogP contribution is 2.38. The van der Waals surface area contributed by atoms with E-state index in [1.54, 1.807) is 6.08 Å². The quantitative estimate of drug-likeness (QED) is 0.0272. The topological polar surface area (TPSA) is 108 Å². The summed E-state index contributed by atoms with van der Waals surface area (Å²) in [5.41, 5.74) is 0. The molecule has 0 aliphatic rings. The third kappa shape index (κ3) is 50.3. The molecule has 0 fully saturated rings. The van der Waals surface area contributed by atoms with Crippen LogP contribution in [-0.4, -0.2) is 68.5 Å². The lowest BCUT2D eigenvalue weighted by Gasteiger charge is -2.29. The number of rotatable bonds is 51. The molecule has 0 heterocycles. The lowest BCUT2D eigenvalue weighted by atomic mass is 10.0. The molecule has 0 saturated carbocycles. The van der Waals surface area contributed by atoms with E-state index in [4.69, 9.17) is 9.05 Å². The van der Waals surface area contributed by atoms with Crippen molar-refractivity contribution in [2.75, 3.05) is 40.9 Å². The summed E-state index contributed by atoms with van der Waals surface area (Å²) >= 11 is 0. The number of unbranched alkanes of at least 4 members (excludes halogenated alkanes) is 32. The van der Waals surface area contributed by atoms with E-state index in [2.05, 4.69) is 55.6 Å². The average Bonchev–Trinajstić information content (AvgIpc) is 3.28. The van der Waals surface area contributed by atoms with Crippen LogP contribution in [0.25, 0.3) is 0 Å². The van der Waals surface area contributed by atoms with E-state index < -0.39 is 26.6 Å². The standard InChI is InChI=1S/C57H109N2O6P/c1-6-8-10-12-14-16-18-20-22-24-26-27-28-29-30-31-32-33-34-36-38-40-42-44-46-48-50-56(60)55(54-65-66(62,63)64-53-52-59(3,4)5)58-57(61)51-49-47-45-43-41-39-37-35-25-23-21-19-17-15-13-11-9-7-2/h23,25,33-34,40,42,48,50,55-56,60H,6-22,24,26-32,35-39,41,43-47,49,51-54H2,1-5H3,(H-,58,61,62,63)/b25-23-,34-33+,42-40+,50-48+. The zero-order valence-electron chi connectivity index (χ0n) is 44.1. The summed E-state index contributed by atoms with van der Waals surface area (Å²) in [5, 5.41) is 13.8. The number of allylic oxidation sites excluding steroid dienone is 7. The summed E-state index contributed by atoms with van der Waals surface area (Å²) in [5.74, 6) is -0.215. The van der Waals surface area contributed by atoms with Gasteiger partial charge in [-0.25, -0.2) is 0 Å². The minimum absolute atomic E-state index is 0.0104. The zero-order valence-corrected chi connectivity index (χ0v) is 45.0. The maximum absolute atomic E-state index is 12.9. The molecule has 0 aromatic carbocycles. The van der Waals surface area contributed by atoms with Crippen molar-refractivity contribution >= 4 is 13.7 Å². The van der Waals surface area contributed by atoms with Crippen LogP contribution in [0.15, 0.2) is 48.6 Å². The monoisotopic (exact) mass is 949 g/mol. The Bertz CT molecular complexity index is 1210. The van der Waals surface area contributed by atoms with E-state index in [-0.39, 0.29) is 12.5 Å². The maximum Gasteiger partial charge on any atom is 0.268 e. The molecule has 0 aliphatic carbocycles. The lowest BCUT2D eigenvalue weighted by molar-refractivity contribution is -0.870. The number of amides is 1. The fourth-order valence-electron chi connectivity index (χ4n) is 8.06. The van der Waals surface area contributed by atoms with E-state index in [9.17, 15) is 19.4 Å². The number of aliphatic hydroxyl groups excluding tert-OH is 1. The molecule has 2 N–H and O–H groups in total. The SMILES string of the molecule is CCCCCCCCC/C=C\CCCCCCCCCC(=O)NC(COP(=O)([O-])OCC[N+](C)(C)C)C(O)/C=C/CC/C=C/CC/C=C/CCCCCCCCCCCCCCCCCC. The van der Waals surface area contributed by atoms with Crippen molar-refractivity contribution in [1.29, 1.82) is 0 Å². The van der Waals surface area contributed by atoms with Crippen molar-refractivity contribution in [3.8, 4) is 0 Å². The second-order valence-corrected chi connectivity index (χ2v) is 21.7. The van der Waals surface area contributed by atoms with Gasteiger partial charge >= 0.3 is 0 Å². The average molecular weight is 949 g/mol. The van der Waals surface area contributed by atoms with Crippen LogP contribution in [0, 0.1) is 0 Å². The van der Waals surface area contributed by atoms with Gasteiger partial charge in [-0.1, -0.05) is 229 Å². The van der Waals surface area contributed by atoms with Crippen LogP contribution in [0.2, 0.25) is 0 Å². The van der Waals surface area contributed by atoms with Crippen molar-refractivity contribution in [2.24, 2.45) is 0 Å². The highest BCUT2D eigenvalue weighted by molar-refractivity contribution is 7.45. The first-order chi connectivity index (χ1) is 32.0. The summed E-state index contributed by atoms with van der Waals surface area (Å²) in [7, 11) is 1.23. The van der Waals surface area contributed by atoms with Gasteiger partial charge in [0.25, 0.3) is 7.82 Å². The third-order valence-electron chi connectivity index (χ3n) is 12.5. The number of quaternary nitrogens is 1. The van der Waals surface area contributed by atoms with E-state index in [0.717, 1.165) is 44.9 Å². The second-order valence-electron chi connectivity index (χ2n) is 20.3. The van der Waals surface area contributed by atoms with Gasteiger partial charge in [-0.3, -0.25) is 9.36 Å². The fourth-order valence-corrected chi connectivity index (χ4v) is 8.79. The highest BCUT2D eigenvalue weighted by Gasteiger charge is 2.23. The van der Waals surface area contributed by atoms with Gasteiger partial charge in [0, 0.05) is 6.42 Å². The predicted molar refractivity (Wildman–Crippen MR) is 284 cm³/mol. The summed E-state index contributed by atoms with van der Waals surface area (Å²) in [6.45, 7) is 4.63. The zero-order chi connectivity index (χ0) is 48.5. The van der Waals surface area contributed by atoms with Crippen LogP contribution in [0.5, 0.6) is 0 Å². The first kappa shape index (κ1) is 64.5. The molecular formula is C57H109N2O6P. The number of nitrogens with zero attached hydrogens (tertiary/aromatic N) is 1. The normalized spacial score (nSPS) is 14.3. The van der Waals surface area contributed by atoms with Crippen molar-refractivity contribution in [1.82, 2.24) is 5.32 Å². The molecule has 0 spiro atoms. The first-order valence-electron chi connectivity index (χ1n) is 28.0. The van der Waals surface area contributed by atoms with Crippen molar-refractivity contribution in [3.05, 3.63) is 48.6 Å². The van der Waals surface area contributed by atoms with E-state index in [1.807, 2.05) is 27.2 Å².